The largest absolute Gasteiger partial charge is 0.382 e. The Bertz CT molecular complexity index is 524. The van der Waals surface area contributed by atoms with Crippen LogP contribution in [0, 0.1) is 5.41 Å². The number of hydrogen-bond acceptors (Lipinski definition) is 3. The highest BCUT2D eigenvalue weighted by atomic mass is 16.1. The van der Waals surface area contributed by atoms with E-state index < -0.39 is 0 Å². The lowest BCUT2D eigenvalue weighted by Gasteiger charge is -2.28. The molecule has 0 bridgehead atoms. The summed E-state index contributed by atoms with van der Waals surface area (Å²) in [5.41, 5.74) is 3.05. The summed E-state index contributed by atoms with van der Waals surface area (Å²) in [7, 11) is 0. The van der Waals surface area contributed by atoms with Gasteiger partial charge in [-0.05, 0) is 36.5 Å². The lowest BCUT2D eigenvalue weighted by Crippen LogP contribution is -2.41. The van der Waals surface area contributed by atoms with Crippen LogP contribution in [0.3, 0.4) is 0 Å². The van der Waals surface area contributed by atoms with E-state index in [1.54, 1.807) is 0 Å². The molecule has 1 saturated carbocycles. The molecule has 0 saturated heterocycles. The molecule has 4 heteroatoms. The molecule has 0 radical (unpaired) electrons. The maximum atomic E-state index is 12.4. The zero-order valence-electron chi connectivity index (χ0n) is 12.3. The lowest BCUT2D eigenvalue weighted by atomic mass is 9.87. The Balaban J connectivity index is 1.74. The molecule has 3 N–H and O–H groups in total. The van der Waals surface area contributed by atoms with Gasteiger partial charge in [-0.1, -0.05) is 20.3 Å². The van der Waals surface area contributed by atoms with Crippen molar-refractivity contribution in [2.75, 3.05) is 23.7 Å². The average molecular weight is 273 g/mol. The number of nitrogens with one attached hydrogen (secondary N) is 3. The van der Waals surface area contributed by atoms with Crippen LogP contribution in [-0.4, -0.2) is 25.0 Å². The Hall–Kier alpha value is -1.71. The van der Waals surface area contributed by atoms with Gasteiger partial charge in [-0.15, -0.1) is 0 Å². The Morgan fingerprint density at radius 3 is 2.70 bits per heavy atom. The number of amides is 1. The van der Waals surface area contributed by atoms with Crippen molar-refractivity contribution in [1.82, 2.24) is 5.32 Å². The van der Waals surface area contributed by atoms with Crippen molar-refractivity contribution >= 4 is 17.3 Å². The second kappa shape index (κ2) is 5.00. The first-order chi connectivity index (χ1) is 9.56. The van der Waals surface area contributed by atoms with Gasteiger partial charge in [0.15, 0.2) is 0 Å². The number of benzene rings is 1. The minimum Gasteiger partial charge on any atom is -0.382 e. The molecular weight excluding hydrogens is 250 g/mol. The summed E-state index contributed by atoms with van der Waals surface area (Å²) in [5, 5.41) is 9.85. The molecule has 108 valence electrons. The first kappa shape index (κ1) is 13.3. The van der Waals surface area contributed by atoms with E-state index in [4.69, 9.17) is 0 Å². The minimum atomic E-state index is 0.0418. The molecule has 3 rings (SSSR count). The van der Waals surface area contributed by atoms with Gasteiger partial charge in [0.25, 0.3) is 5.91 Å². The van der Waals surface area contributed by atoms with Crippen LogP contribution in [0.5, 0.6) is 0 Å². The predicted octanol–water partition coefficient (Wildman–Crippen LogP) is 2.83. The third-order valence-corrected chi connectivity index (χ3v) is 4.60. The molecular formula is C16H23N3O. The highest BCUT2D eigenvalue weighted by Crippen LogP contribution is 2.37. The van der Waals surface area contributed by atoms with Crippen molar-refractivity contribution in [2.45, 2.75) is 39.2 Å². The van der Waals surface area contributed by atoms with Crippen molar-refractivity contribution in [3.63, 3.8) is 0 Å². The molecule has 1 atom stereocenters. The summed E-state index contributed by atoms with van der Waals surface area (Å²) in [6.45, 7) is 6.30. The van der Waals surface area contributed by atoms with E-state index in [-0.39, 0.29) is 17.4 Å². The van der Waals surface area contributed by atoms with Gasteiger partial charge in [0.1, 0.15) is 0 Å². The summed E-state index contributed by atoms with van der Waals surface area (Å²) < 4.78 is 0. The number of fused-ring (bicyclic) bond motifs is 1. The first-order valence-corrected chi connectivity index (χ1v) is 7.49. The number of rotatable bonds is 2. The van der Waals surface area contributed by atoms with Crippen LogP contribution in [0.1, 0.15) is 43.5 Å². The van der Waals surface area contributed by atoms with E-state index in [9.17, 15) is 4.79 Å². The summed E-state index contributed by atoms with van der Waals surface area (Å²) in [6, 6.07) is 6.11. The smallest absolute Gasteiger partial charge is 0.251 e. The van der Waals surface area contributed by atoms with Crippen LogP contribution in [0.25, 0.3) is 0 Å². The van der Waals surface area contributed by atoms with Crippen molar-refractivity contribution in [1.29, 1.82) is 0 Å². The Morgan fingerprint density at radius 1 is 1.25 bits per heavy atom. The normalized spacial score (nSPS) is 23.4. The van der Waals surface area contributed by atoms with Gasteiger partial charge in [-0.3, -0.25) is 4.79 Å². The zero-order valence-corrected chi connectivity index (χ0v) is 12.3. The van der Waals surface area contributed by atoms with Crippen LogP contribution in [0.15, 0.2) is 18.2 Å². The second-order valence-corrected chi connectivity index (χ2v) is 6.52. The monoisotopic (exact) mass is 273 g/mol. The summed E-state index contributed by atoms with van der Waals surface area (Å²) >= 11 is 0. The summed E-state index contributed by atoms with van der Waals surface area (Å²) in [6.07, 6.45) is 3.48. The van der Waals surface area contributed by atoms with Gasteiger partial charge in [-0.2, -0.15) is 0 Å². The third kappa shape index (κ3) is 2.47. The Kier molecular flexibility index (Phi) is 3.32. The molecule has 1 aliphatic heterocycles. The summed E-state index contributed by atoms with van der Waals surface area (Å²) in [5.74, 6) is 0.0418. The van der Waals surface area contributed by atoms with Gasteiger partial charge in [0, 0.05) is 24.7 Å². The topological polar surface area (TPSA) is 53.2 Å². The van der Waals surface area contributed by atoms with Crippen LogP contribution in [0.2, 0.25) is 0 Å². The van der Waals surface area contributed by atoms with Gasteiger partial charge < -0.3 is 16.0 Å². The highest BCUT2D eigenvalue weighted by molar-refractivity contribution is 5.96. The SMILES string of the molecule is CC1(C)CCCC1NC(=O)c1ccc2c(c1)NCCN2. The Labute approximate surface area is 120 Å². The molecule has 4 nitrogen and oxygen atoms in total. The standard InChI is InChI=1S/C16H23N3O/c1-16(2)7-3-4-14(16)19-15(20)11-5-6-12-13(10-11)18-9-8-17-12/h5-6,10,14,17-18H,3-4,7-9H2,1-2H3,(H,19,20). The fraction of sp³-hybridized carbons (Fsp3) is 0.562. The molecule has 1 aromatic carbocycles. The number of carbonyl (C=O) groups is 1. The van der Waals surface area contributed by atoms with Crippen LogP contribution in [-0.2, 0) is 0 Å². The lowest BCUT2D eigenvalue weighted by molar-refractivity contribution is 0.0910. The van der Waals surface area contributed by atoms with E-state index in [1.807, 2.05) is 18.2 Å². The highest BCUT2D eigenvalue weighted by Gasteiger charge is 2.35. The molecule has 1 unspecified atom stereocenters. The number of anilines is 2. The molecule has 0 spiro atoms. The van der Waals surface area contributed by atoms with E-state index in [1.165, 1.54) is 12.8 Å². The van der Waals surface area contributed by atoms with Crippen molar-refractivity contribution in [3.8, 4) is 0 Å². The molecule has 20 heavy (non-hydrogen) atoms. The van der Waals surface area contributed by atoms with Crippen molar-refractivity contribution in [3.05, 3.63) is 23.8 Å². The van der Waals surface area contributed by atoms with E-state index >= 15 is 0 Å². The van der Waals surface area contributed by atoms with E-state index in [0.717, 1.165) is 36.4 Å². The maximum absolute atomic E-state index is 12.4. The average Bonchev–Trinajstić information content (AvgIpc) is 2.77. The summed E-state index contributed by atoms with van der Waals surface area (Å²) in [4.78, 5) is 12.4. The first-order valence-electron chi connectivity index (χ1n) is 7.49. The maximum Gasteiger partial charge on any atom is 0.251 e. The molecule has 2 aliphatic rings. The molecule has 1 heterocycles. The van der Waals surface area contributed by atoms with Gasteiger partial charge in [-0.25, -0.2) is 0 Å². The second-order valence-electron chi connectivity index (χ2n) is 6.52. The van der Waals surface area contributed by atoms with Crippen molar-refractivity contribution < 1.29 is 4.79 Å². The van der Waals surface area contributed by atoms with Crippen molar-refractivity contribution in [2.24, 2.45) is 5.41 Å². The van der Waals surface area contributed by atoms with Crippen LogP contribution in [0.4, 0.5) is 11.4 Å². The van der Waals surface area contributed by atoms with Crippen LogP contribution < -0.4 is 16.0 Å². The van der Waals surface area contributed by atoms with Gasteiger partial charge in [0.05, 0.1) is 11.4 Å². The van der Waals surface area contributed by atoms with Gasteiger partial charge in [0.2, 0.25) is 0 Å². The molecule has 1 amide bonds. The van der Waals surface area contributed by atoms with Gasteiger partial charge >= 0.3 is 0 Å². The predicted molar refractivity (Wildman–Crippen MR) is 82.3 cm³/mol. The fourth-order valence-corrected chi connectivity index (χ4v) is 3.22. The number of hydrogen-bond donors (Lipinski definition) is 3. The molecule has 1 aromatic rings. The third-order valence-electron chi connectivity index (χ3n) is 4.60. The van der Waals surface area contributed by atoms with Crippen LogP contribution >= 0.6 is 0 Å². The Morgan fingerprint density at radius 2 is 2.00 bits per heavy atom. The molecule has 1 fully saturated rings. The molecule has 0 aromatic heterocycles. The van der Waals surface area contributed by atoms with E-state index in [2.05, 4.69) is 29.8 Å². The zero-order chi connectivity index (χ0) is 14.2. The quantitative estimate of drug-likeness (QED) is 0.776. The number of carbonyl (C=O) groups excluding carboxylic acids is 1. The minimum absolute atomic E-state index is 0.0418. The molecule has 1 aliphatic carbocycles. The fourth-order valence-electron chi connectivity index (χ4n) is 3.22. The van der Waals surface area contributed by atoms with E-state index in [0.29, 0.717) is 0 Å².